The van der Waals surface area contributed by atoms with Gasteiger partial charge in [-0.1, -0.05) is 0 Å². The van der Waals surface area contributed by atoms with Crippen molar-refractivity contribution >= 4 is 15.7 Å². The molecule has 0 saturated heterocycles. The minimum atomic E-state index is -4.00. The van der Waals surface area contributed by atoms with Crippen molar-refractivity contribution in [1.29, 1.82) is 0 Å². The van der Waals surface area contributed by atoms with E-state index < -0.39 is 21.5 Å². The Morgan fingerprint density at radius 1 is 1.40 bits per heavy atom. The molecule has 2 heterocycles. The van der Waals surface area contributed by atoms with Gasteiger partial charge in [0.25, 0.3) is 0 Å². The predicted molar refractivity (Wildman–Crippen MR) is 81.6 cm³/mol. The maximum Gasteiger partial charge on any atom is 0.333 e. The van der Waals surface area contributed by atoms with Gasteiger partial charge in [-0.3, -0.25) is 14.8 Å². The summed E-state index contributed by atoms with van der Waals surface area (Å²) in [6, 6.07) is 0. The average molecular weight is 378 g/mol. The number of nitrogens with zero attached hydrogens (tertiary/aromatic N) is 5. The van der Waals surface area contributed by atoms with E-state index in [9.17, 15) is 27.3 Å². The van der Waals surface area contributed by atoms with Crippen LogP contribution in [0.3, 0.4) is 0 Å². The molecule has 1 N–H and O–H groups in total. The Bertz CT molecular complexity index is 876. The van der Waals surface area contributed by atoms with Gasteiger partial charge >= 0.3 is 12.2 Å². The Morgan fingerprint density at radius 3 is 2.60 bits per heavy atom. The molecule has 0 fully saturated rings. The van der Waals surface area contributed by atoms with E-state index in [0.717, 1.165) is 6.20 Å². The Labute approximate surface area is 141 Å². The van der Waals surface area contributed by atoms with Crippen molar-refractivity contribution in [3.63, 3.8) is 0 Å². The Kier molecular flexibility index (Phi) is 5.47. The van der Waals surface area contributed by atoms with Crippen molar-refractivity contribution in [1.82, 2.24) is 24.3 Å². The molecular weight excluding hydrogens is 362 g/mol. The van der Waals surface area contributed by atoms with Crippen LogP contribution in [0.2, 0.25) is 0 Å². The summed E-state index contributed by atoms with van der Waals surface area (Å²) in [5.41, 5.74) is -0.332. The van der Waals surface area contributed by atoms with Crippen LogP contribution >= 0.6 is 0 Å². The van der Waals surface area contributed by atoms with Gasteiger partial charge in [-0.05, 0) is 20.3 Å². The van der Waals surface area contributed by atoms with Gasteiger partial charge in [0.1, 0.15) is 17.3 Å². The number of hydrogen-bond acceptors (Lipinski definition) is 6. The summed E-state index contributed by atoms with van der Waals surface area (Å²) in [6.07, 6.45) is 2.63. The standard InChI is InChI=1S/C12H16F2N6O4S/c1-8-11(9(2)19(17-8)12(13)14)25(23,24)16-4-3-5-18-7-10(6-15-18)20(21)22/h6-7,12,16H,3-5H2,1-2H3. The normalized spacial score (nSPS) is 12.0. The lowest BCUT2D eigenvalue weighted by atomic mass is 10.4. The SMILES string of the molecule is Cc1nn(C(F)F)c(C)c1S(=O)(=O)NCCCn1cc([N+](=O)[O-])cn1. The molecule has 0 aliphatic rings. The number of nitrogens with one attached hydrogen (secondary N) is 1. The number of sulfonamides is 1. The molecule has 10 nitrogen and oxygen atoms in total. The molecule has 2 aromatic heterocycles. The molecule has 0 bridgehead atoms. The van der Waals surface area contributed by atoms with Crippen LogP contribution in [0.5, 0.6) is 0 Å². The highest BCUT2D eigenvalue weighted by Gasteiger charge is 2.26. The van der Waals surface area contributed by atoms with E-state index >= 15 is 0 Å². The number of rotatable bonds is 8. The molecule has 138 valence electrons. The van der Waals surface area contributed by atoms with Gasteiger partial charge < -0.3 is 0 Å². The van der Waals surface area contributed by atoms with Crippen molar-refractivity contribution in [2.75, 3.05) is 6.54 Å². The first-order valence-corrected chi connectivity index (χ1v) is 8.62. The molecule has 0 atom stereocenters. The number of alkyl halides is 2. The number of aromatic nitrogens is 4. The third-order valence-corrected chi connectivity index (χ3v) is 5.11. The molecule has 0 aliphatic carbocycles. The van der Waals surface area contributed by atoms with Crippen LogP contribution in [-0.4, -0.2) is 39.4 Å². The average Bonchev–Trinajstić information content (AvgIpc) is 3.08. The monoisotopic (exact) mass is 378 g/mol. The summed E-state index contributed by atoms with van der Waals surface area (Å²) in [4.78, 5) is 9.69. The summed E-state index contributed by atoms with van der Waals surface area (Å²) < 4.78 is 54.1. The van der Waals surface area contributed by atoms with Gasteiger partial charge in [0.2, 0.25) is 10.0 Å². The Hall–Kier alpha value is -2.41. The fraction of sp³-hybridized carbons (Fsp3) is 0.500. The molecule has 0 aromatic carbocycles. The van der Waals surface area contributed by atoms with Crippen molar-refractivity contribution in [3.05, 3.63) is 33.9 Å². The minimum Gasteiger partial charge on any atom is -0.266 e. The fourth-order valence-corrected chi connectivity index (χ4v) is 3.79. The van der Waals surface area contributed by atoms with Gasteiger partial charge in [0.05, 0.1) is 16.3 Å². The second-order valence-electron chi connectivity index (χ2n) is 5.19. The first kappa shape index (κ1) is 18.9. The first-order valence-electron chi connectivity index (χ1n) is 7.14. The Morgan fingerprint density at radius 2 is 2.08 bits per heavy atom. The summed E-state index contributed by atoms with van der Waals surface area (Å²) in [6.45, 7) is -0.0787. The predicted octanol–water partition coefficient (Wildman–Crippen LogP) is 1.37. The highest BCUT2D eigenvalue weighted by atomic mass is 32.2. The molecule has 0 aliphatic heterocycles. The van der Waals surface area contributed by atoms with Crippen LogP contribution in [0.15, 0.2) is 17.3 Å². The van der Waals surface area contributed by atoms with Crippen molar-refractivity contribution in [3.8, 4) is 0 Å². The van der Waals surface area contributed by atoms with Crippen LogP contribution in [0, 0.1) is 24.0 Å². The minimum absolute atomic E-state index is 0.00866. The summed E-state index contributed by atoms with van der Waals surface area (Å²) in [5.74, 6) is 0. The largest absolute Gasteiger partial charge is 0.333 e. The lowest BCUT2D eigenvalue weighted by Crippen LogP contribution is -2.26. The molecule has 2 rings (SSSR count). The molecule has 0 amide bonds. The van der Waals surface area contributed by atoms with E-state index in [2.05, 4.69) is 14.9 Å². The molecular formula is C12H16F2N6O4S. The molecule has 0 spiro atoms. The van der Waals surface area contributed by atoms with E-state index in [1.807, 2.05) is 0 Å². The zero-order valence-corrected chi connectivity index (χ0v) is 14.2. The number of aryl methyl sites for hydroxylation is 2. The lowest BCUT2D eigenvalue weighted by molar-refractivity contribution is -0.385. The number of halogens is 2. The van der Waals surface area contributed by atoms with Crippen LogP contribution in [0.4, 0.5) is 14.5 Å². The number of nitro groups is 1. The van der Waals surface area contributed by atoms with Gasteiger partial charge in [-0.2, -0.15) is 19.0 Å². The third kappa shape index (κ3) is 4.17. The lowest BCUT2D eigenvalue weighted by Gasteiger charge is -2.08. The summed E-state index contributed by atoms with van der Waals surface area (Å²) in [5, 5.41) is 17.9. The first-order chi connectivity index (χ1) is 11.6. The molecule has 0 radical (unpaired) electrons. The third-order valence-electron chi connectivity index (χ3n) is 3.40. The van der Waals surface area contributed by atoms with Crippen LogP contribution in [-0.2, 0) is 16.6 Å². The summed E-state index contributed by atoms with van der Waals surface area (Å²) >= 11 is 0. The van der Waals surface area contributed by atoms with E-state index in [1.54, 1.807) is 0 Å². The van der Waals surface area contributed by atoms with Crippen LogP contribution in [0.1, 0.15) is 24.4 Å². The highest BCUT2D eigenvalue weighted by Crippen LogP contribution is 2.23. The molecule has 2 aromatic rings. The fourth-order valence-electron chi connectivity index (χ4n) is 2.32. The maximum atomic E-state index is 12.8. The zero-order chi connectivity index (χ0) is 18.8. The van der Waals surface area contributed by atoms with Crippen molar-refractivity contribution in [2.24, 2.45) is 0 Å². The second-order valence-corrected chi connectivity index (χ2v) is 6.90. The zero-order valence-electron chi connectivity index (χ0n) is 13.4. The quantitative estimate of drug-likeness (QED) is 0.420. The summed E-state index contributed by atoms with van der Waals surface area (Å²) in [7, 11) is -4.00. The van der Waals surface area contributed by atoms with E-state index in [1.165, 1.54) is 24.7 Å². The van der Waals surface area contributed by atoms with Crippen LogP contribution in [0.25, 0.3) is 0 Å². The number of hydrogen-bond donors (Lipinski definition) is 1. The van der Waals surface area contributed by atoms with Gasteiger partial charge in [0, 0.05) is 13.1 Å². The smallest absolute Gasteiger partial charge is 0.266 e. The van der Waals surface area contributed by atoms with Gasteiger partial charge in [-0.15, -0.1) is 0 Å². The highest BCUT2D eigenvalue weighted by molar-refractivity contribution is 7.89. The van der Waals surface area contributed by atoms with Crippen molar-refractivity contribution < 1.29 is 22.1 Å². The van der Waals surface area contributed by atoms with Crippen LogP contribution < -0.4 is 4.72 Å². The van der Waals surface area contributed by atoms with E-state index in [0.29, 0.717) is 11.1 Å². The van der Waals surface area contributed by atoms with Gasteiger partial charge in [-0.25, -0.2) is 17.8 Å². The molecule has 13 heteroatoms. The van der Waals surface area contributed by atoms with Crippen molar-refractivity contribution in [2.45, 2.75) is 38.3 Å². The molecule has 25 heavy (non-hydrogen) atoms. The van der Waals surface area contributed by atoms with E-state index in [-0.39, 0.29) is 35.1 Å². The van der Waals surface area contributed by atoms with Gasteiger partial charge in [0.15, 0.2) is 0 Å². The Balaban J connectivity index is 1.99. The topological polar surface area (TPSA) is 125 Å². The molecule has 0 unspecified atom stereocenters. The maximum absolute atomic E-state index is 12.8. The second kappa shape index (κ2) is 7.23. The van der Waals surface area contributed by atoms with E-state index in [4.69, 9.17) is 0 Å². The molecule has 0 saturated carbocycles.